The Hall–Kier alpha value is -7.93. The van der Waals surface area contributed by atoms with Gasteiger partial charge in [-0.3, -0.25) is 0 Å². The van der Waals surface area contributed by atoms with Crippen molar-refractivity contribution >= 4 is 85.9 Å². The molecule has 0 N–H and O–H groups in total. The summed E-state index contributed by atoms with van der Waals surface area (Å²) in [6, 6.07) is 71.3. The molecule has 0 aliphatic carbocycles. The van der Waals surface area contributed by atoms with Crippen LogP contribution in [0, 0.1) is 0 Å². The maximum absolute atomic E-state index is 5.51. The molecule has 0 atom stereocenters. The third-order valence-corrected chi connectivity index (χ3v) is 13.4. The molecule has 0 aliphatic heterocycles. The molecule has 0 spiro atoms. The van der Waals surface area contributed by atoms with E-state index < -0.39 is 0 Å². The van der Waals surface area contributed by atoms with Crippen LogP contribution in [0.15, 0.2) is 200 Å². The van der Waals surface area contributed by atoms with E-state index in [1.165, 1.54) is 37.0 Å². The second kappa shape index (κ2) is 13.3. The van der Waals surface area contributed by atoms with Crippen molar-refractivity contribution in [2.45, 2.75) is 0 Å². The first kappa shape index (κ1) is 34.0. The van der Waals surface area contributed by atoms with Gasteiger partial charge in [0, 0.05) is 69.8 Å². The summed E-state index contributed by atoms with van der Waals surface area (Å²) >= 11 is 1.79. The zero-order valence-electron chi connectivity index (χ0n) is 32.7. The van der Waals surface area contributed by atoms with E-state index in [9.17, 15) is 0 Å². The third kappa shape index (κ3) is 5.16. The maximum atomic E-state index is 5.51. The Labute approximate surface area is 354 Å². The highest BCUT2D eigenvalue weighted by atomic mass is 32.1. The van der Waals surface area contributed by atoms with Gasteiger partial charge in [-0.2, -0.15) is 0 Å². The first-order valence-electron chi connectivity index (χ1n) is 20.5. The summed E-state index contributed by atoms with van der Waals surface area (Å²) in [4.78, 5) is 16.2. The van der Waals surface area contributed by atoms with Crippen molar-refractivity contribution in [3.05, 3.63) is 200 Å². The minimum absolute atomic E-state index is 0.632. The molecule has 5 nitrogen and oxygen atoms in total. The average Bonchev–Trinajstić information content (AvgIpc) is 4.00. The predicted octanol–water partition coefficient (Wildman–Crippen LogP) is 14.6. The van der Waals surface area contributed by atoms with E-state index in [-0.39, 0.29) is 0 Å². The summed E-state index contributed by atoms with van der Waals surface area (Å²) < 4.78 is 7.13. The van der Waals surface area contributed by atoms with Crippen LogP contribution < -0.4 is 0 Å². The van der Waals surface area contributed by atoms with Crippen molar-refractivity contribution in [3.63, 3.8) is 0 Å². The molecule has 0 fully saturated rings. The highest BCUT2D eigenvalue weighted by Gasteiger charge is 2.23. The zero-order chi connectivity index (χ0) is 40.0. The van der Waals surface area contributed by atoms with E-state index in [4.69, 9.17) is 15.0 Å². The van der Waals surface area contributed by atoms with Crippen LogP contribution in [-0.2, 0) is 0 Å². The Balaban J connectivity index is 1.13. The van der Waals surface area contributed by atoms with Crippen LogP contribution in [0.25, 0.3) is 120 Å². The van der Waals surface area contributed by atoms with Crippen LogP contribution >= 0.6 is 11.3 Å². The first-order valence-corrected chi connectivity index (χ1v) is 21.3. The standard InChI is InChI=1S/C55H33N5S/c1-3-17-35(18-4-1)53-56-54(42-25-15-28-47-51(42)41-24-10-12-26-45(41)59(47)36-19-5-2-6-20-36)58-55(57-53)44-33-37(32-43-39-22-11-14-29-49(39)61-52(43)44)60-46-27-13-9-23-40(46)50-38-21-8-7-16-34(38)30-31-48(50)60/h1-33H. The van der Waals surface area contributed by atoms with Gasteiger partial charge in [-0.15, -0.1) is 11.3 Å². The fourth-order valence-electron chi connectivity index (χ4n) is 9.52. The van der Waals surface area contributed by atoms with E-state index in [0.29, 0.717) is 17.5 Å². The Bertz CT molecular complexity index is 3880. The SMILES string of the molecule is c1ccc(-c2nc(-c3cc(-n4c5ccccc5c5c6ccccc6ccc54)cc4c3sc3ccccc34)nc(-c3cccc4c3c3ccccc3n4-c3ccccc3)n2)cc1. The lowest BCUT2D eigenvalue weighted by atomic mass is 10.0. The number of benzene rings is 9. The van der Waals surface area contributed by atoms with E-state index in [2.05, 4.69) is 191 Å². The van der Waals surface area contributed by atoms with Crippen molar-refractivity contribution in [2.24, 2.45) is 0 Å². The molecule has 61 heavy (non-hydrogen) atoms. The summed E-state index contributed by atoms with van der Waals surface area (Å²) in [5.41, 5.74) is 9.58. The van der Waals surface area contributed by atoms with Gasteiger partial charge in [-0.25, -0.2) is 15.0 Å². The number of fused-ring (bicyclic) bond motifs is 11. The predicted molar refractivity (Wildman–Crippen MR) is 255 cm³/mol. The van der Waals surface area contributed by atoms with E-state index in [0.717, 1.165) is 65.6 Å². The molecule has 0 bridgehead atoms. The summed E-state index contributed by atoms with van der Waals surface area (Å²) in [5, 5.41) is 9.60. The second-order valence-electron chi connectivity index (χ2n) is 15.6. The molecule has 284 valence electrons. The molecule has 13 rings (SSSR count). The molecule has 0 saturated carbocycles. The second-order valence-corrected chi connectivity index (χ2v) is 16.6. The van der Waals surface area contributed by atoms with Gasteiger partial charge in [0.2, 0.25) is 0 Å². The molecule has 0 saturated heterocycles. The van der Waals surface area contributed by atoms with Crippen molar-refractivity contribution in [1.82, 2.24) is 24.1 Å². The largest absolute Gasteiger partial charge is 0.309 e. The summed E-state index contributed by atoms with van der Waals surface area (Å²) in [7, 11) is 0. The smallest absolute Gasteiger partial charge is 0.165 e. The molecular weight excluding hydrogens is 763 g/mol. The normalized spacial score (nSPS) is 11.9. The van der Waals surface area contributed by atoms with Gasteiger partial charge in [0.15, 0.2) is 17.5 Å². The Morgan fingerprint density at radius 3 is 1.70 bits per heavy atom. The minimum Gasteiger partial charge on any atom is -0.309 e. The minimum atomic E-state index is 0.632. The quantitative estimate of drug-likeness (QED) is 0.174. The number of hydrogen-bond acceptors (Lipinski definition) is 4. The Kier molecular flexibility index (Phi) is 7.41. The zero-order valence-corrected chi connectivity index (χ0v) is 33.5. The van der Waals surface area contributed by atoms with Crippen LogP contribution in [0.5, 0.6) is 0 Å². The lowest BCUT2D eigenvalue weighted by Crippen LogP contribution is -2.02. The van der Waals surface area contributed by atoms with Gasteiger partial charge < -0.3 is 9.13 Å². The van der Waals surface area contributed by atoms with E-state index >= 15 is 0 Å². The van der Waals surface area contributed by atoms with Gasteiger partial charge in [0.05, 0.1) is 22.1 Å². The highest BCUT2D eigenvalue weighted by Crippen LogP contribution is 2.45. The highest BCUT2D eigenvalue weighted by molar-refractivity contribution is 7.26. The fraction of sp³-hybridized carbons (Fsp3) is 0. The lowest BCUT2D eigenvalue weighted by molar-refractivity contribution is 1.08. The summed E-state index contributed by atoms with van der Waals surface area (Å²) in [5.74, 6) is 1.90. The molecule has 0 aliphatic rings. The number of nitrogens with zero attached hydrogens (tertiary/aromatic N) is 5. The topological polar surface area (TPSA) is 48.5 Å². The maximum Gasteiger partial charge on any atom is 0.165 e. The van der Waals surface area contributed by atoms with Gasteiger partial charge in [0.1, 0.15) is 0 Å². The molecule has 13 aromatic rings. The van der Waals surface area contributed by atoms with Gasteiger partial charge in [-0.05, 0) is 65.4 Å². The lowest BCUT2D eigenvalue weighted by Gasteiger charge is -2.14. The average molecular weight is 796 g/mol. The number of para-hydroxylation sites is 3. The number of thiophene rings is 1. The van der Waals surface area contributed by atoms with Crippen molar-refractivity contribution in [3.8, 4) is 45.5 Å². The van der Waals surface area contributed by atoms with Crippen molar-refractivity contribution in [2.75, 3.05) is 0 Å². The molecule has 4 aromatic heterocycles. The molecule has 0 unspecified atom stereocenters. The third-order valence-electron chi connectivity index (χ3n) is 12.1. The first-order chi connectivity index (χ1) is 30.3. The molecule has 6 heteroatoms. The van der Waals surface area contributed by atoms with Crippen LogP contribution in [0.4, 0.5) is 0 Å². The summed E-state index contributed by atoms with van der Waals surface area (Å²) in [6.45, 7) is 0. The Morgan fingerprint density at radius 2 is 0.918 bits per heavy atom. The monoisotopic (exact) mass is 795 g/mol. The van der Waals surface area contributed by atoms with Crippen LogP contribution in [0.2, 0.25) is 0 Å². The Morgan fingerprint density at radius 1 is 0.344 bits per heavy atom. The van der Waals surface area contributed by atoms with Gasteiger partial charge in [-0.1, -0.05) is 146 Å². The van der Waals surface area contributed by atoms with Crippen molar-refractivity contribution in [1.29, 1.82) is 0 Å². The fourth-order valence-corrected chi connectivity index (χ4v) is 10.7. The van der Waals surface area contributed by atoms with E-state index in [1.807, 2.05) is 18.2 Å². The number of rotatable bonds is 5. The van der Waals surface area contributed by atoms with Crippen molar-refractivity contribution < 1.29 is 0 Å². The molecule has 4 heterocycles. The molecule has 9 aromatic carbocycles. The van der Waals surface area contributed by atoms with Crippen LogP contribution in [0.1, 0.15) is 0 Å². The van der Waals surface area contributed by atoms with Gasteiger partial charge >= 0.3 is 0 Å². The summed E-state index contributed by atoms with van der Waals surface area (Å²) in [6.07, 6.45) is 0. The van der Waals surface area contributed by atoms with Crippen LogP contribution in [0.3, 0.4) is 0 Å². The number of hydrogen-bond donors (Lipinski definition) is 0. The van der Waals surface area contributed by atoms with Crippen LogP contribution in [-0.4, -0.2) is 24.1 Å². The van der Waals surface area contributed by atoms with E-state index in [1.54, 1.807) is 11.3 Å². The van der Waals surface area contributed by atoms with Gasteiger partial charge in [0.25, 0.3) is 0 Å². The molecule has 0 amide bonds. The number of aromatic nitrogens is 5. The molecular formula is C55H33N5S. The molecule has 0 radical (unpaired) electrons.